The summed E-state index contributed by atoms with van der Waals surface area (Å²) in [4.78, 5) is 0.681. The highest BCUT2D eigenvalue weighted by atomic mass is 32.1. The van der Waals surface area contributed by atoms with E-state index in [-0.39, 0.29) is 11.5 Å². The second-order valence-corrected chi connectivity index (χ2v) is 4.70. The first kappa shape index (κ1) is 13.3. The minimum absolute atomic E-state index is 0.127. The van der Waals surface area contributed by atoms with Crippen LogP contribution in [0.15, 0.2) is 48.5 Å². The molecule has 2 N–H and O–H groups in total. The molecule has 2 aromatic rings. The molecule has 0 fully saturated rings. The van der Waals surface area contributed by atoms with E-state index in [4.69, 9.17) is 12.2 Å². The summed E-state index contributed by atoms with van der Waals surface area (Å²) in [5.74, 6) is 0.283. The normalized spacial score (nSPS) is 10.8. The maximum atomic E-state index is 9.79. The van der Waals surface area contributed by atoms with Crippen LogP contribution in [0.5, 0.6) is 11.5 Å². The first-order chi connectivity index (χ1) is 9.08. The topological polar surface area (TPSA) is 40.5 Å². The number of phenolic OH excluding ortho intramolecular Hbond substituents is 2. The van der Waals surface area contributed by atoms with Crippen LogP contribution in [-0.2, 0) is 0 Å². The fraction of sp³-hybridized carbons (Fsp3) is 0.0625. The lowest BCUT2D eigenvalue weighted by atomic mass is 10.1. The Morgan fingerprint density at radius 3 is 2.42 bits per heavy atom. The molecule has 0 bridgehead atoms. The Labute approximate surface area is 117 Å². The first-order valence-electron chi connectivity index (χ1n) is 5.88. The molecule has 0 amide bonds. The number of rotatable bonds is 3. The molecule has 2 nitrogen and oxygen atoms in total. The Hall–Kier alpha value is -2.13. The molecule has 0 aliphatic rings. The summed E-state index contributed by atoms with van der Waals surface area (Å²) < 4.78 is 0. The van der Waals surface area contributed by atoms with E-state index in [1.54, 1.807) is 19.1 Å². The summed E-state index contributed by atoms with van der Waals surface area (Å²) in [7, 11) is 0. The van der Waals surface area contributed by atoms with Gasteiger partial charge in [-0.2, -0.15) is 0 Å². The van der Waals surface area contributed by atoms with Crippen molar-refractivity contribution in [3.63, 3.8) is 0 Å². The van der Waals surface area contributed by atoms with Crippen LogP contribution in [0.25, 0.3) is 6.08 Å². The molecule has 0 saturated heterocycles. The molecule has 2 aromatic carbocycles. The molecule has 0 unspecified atom stereocenters. The van der Waals surface area contributed by atoms with E-state index in [1.807, 2.05) is 30.3 Å². The minimum atomic E-state index is 0.127. The lowest BCUT2D eigenvalue weighted by molar-refractivity contribution is 0.455. The molecule has 3 heteroatoms. The number of hydrogen-bond donors (Lipinski definition) is 2. The largest absolute Gasteiger partial charge is 0.508 e. The predicted molar refractivity (Wildman–Crippen MR) is 81.7 cm³/mol. The third-order valence-corrected chi connectivity index (χ3v) is 3.19. The monoisotopic (exact) mass is 270 g/mol. The van der Waals surface area contributed by atoms with Crippen molar-refractivity contribution in [1.29, 1.82) is 0 Å². The Kier molecular flexibility index (Phi) is 3.97. The number of aryl methyl sites for hydroxylation is 1. The minimum Gasteiger partial charge on any atom is -0.508 e. The van der Waals surface area contributed by atoms with E-state index in [9.17, 15) is 10.2 Å². The Balaban J connectivity index is 2.24. The number of benzene rings is 2. The van der Waals surface area contributed by atoms with Gasteiger partial charge in [0.1, 0.15) is 11.5 Å². The number of thiocarbonyl (C=S) groups is 1. The Morgan fingerprint density at radius 1 is 1.05 bits per heavy atom. The highest BCUT2D eigenvalue weighted by molar-refractivity contribution is 7.81. The summed E-state index contributed by atoms with van der Waals surface area (Å²) >= 11 is 5.29. The molecule has 0 aliphatic carbocycles. The Morgan fingerprint density at radius 2 is 1.74 bits per heavy atom. The molecular weight excluding hydrogens is 256 g/mol. The molecule has 0 radical (unpaired) electrons. The number of allylic oxidation sites excluding steroid dienone is 1. The van der Waals surface area contributed by atoms with Crippen molar-refractivity contribution in [3.8, 4) is 11.5 Å². The van der Waals surface area contributed by atoms with Gasteiger partial charge in [0, 0.05) is 10.4 Å². The SMILES string of the molecule is Cc1cc(O)c(C=CC(=S)c2ccccc2)cc1O. The highest BCUT2D eigenvalue weighted by Gasteiger charge is 2.03. The second-order valence-electron chi connectivity index (χ2n) is 4.26. The van der Waals surface area contributed by atoms with Crippen molar-refractivity contribution < 1.29 is 10.2 Å². The lowest BCUT2D eigenvalue weighted by Gasteiger charge is -2.04. The molecule has 0 aliphatic heterocycles. The zero-order valence-corrected chi connectivity index (χ0v) is 11.3. The lowest BCUT2D eigenvalue weighted by Crippen LogP contribution is -1.91. The van der Waals surface area contributed by atoms with Crippen molar-refractivity contribution in [2.45, 2.75) is 6.92 Å². The Bertz CT molecular complexity index is 631. The van der Waals surface area contributed by atoms with E-state index < -0.39 is 0 Å². The van der Waals surface area contributed by atoms with Gasteiger partial charge in [-0.25, -0.2) is 0 Å². The average molecular weight is 270 g/mol. The van der Waals surface area contributed by atoms with Gasteiger partial charge in [-0.3, -0.25) is 0 Å². The van der Waals surface area contributed by atoms with E-state index in [2.05, 4.69) is 0 Å². The van der Waals surface area contributed by atoms with Crippen LogP contribution in [0.3, 0.4) is 0 Å². The van der Waals surface area contributed by atoms with Gasteiger partial charge in [0.05, 0.1) is 0 Å². The molecule has 0 saturated carbocycles. The van der Waals surface area contributed by atoms with Crippen LogP contribution in [0.1, 0.15) is 16.7 Å². The maximum absolute atomic E-state index is 9.79. The van der Waals surface area contributed by atoms with Crippen LogP contribution in [-0.4, -0.2) is 15.1 Å². The molecule has 0 aromatic heterocycles. The van der Waals surface area contributed by atoms with Gasteiger partial charge in [-0.1, -0.05) is 42.5 Å². The molecule has 0 atom stereocenters. The van der Waals surface area contributed by atoms with E-state index in [0.29, 0.717) is 16.0 Å². The fourth-order valence-electron chi connectivity index (χ4n) is 1.70. The van der Waals surface area contributed by atoms with Gasteiger partial charge in [0.2, 0.25) is 0 Å². The zero-order chi connectivity index (χ0) is 13.8. The average Bonchev–Trinajstić information content (AvgIpc) is 2.42. The van der Waals surface area contributed by atoms with Gasteiger partial charge in [0.25, 0.3) is 0 Å². The molecule has 0 spiro atoms. The summed E-state index contributed by atoms with van der Waals surface area (Å²) in [5, 5.41) is 19.4. The predicted octanol–water partition coefficient (Wildman–Crippen LogP) is 3.84. The van der Waals surface area contributed by atoms with Crippen molar-refractivity contribution in [2.24, 2.45) is 0 Å². The smallest absolute Gasteiger partial charge is 0.123 e. The second kappa shape index (κ2) is 5.67. The van der Waals surface area contributed by atoms with Crippen molar-refractivity contribution in [3.05, 3.63) is 65.2 Å². The molecule has 0 heterocycles. The number of aromatic hydroxyl groups is 2. The standard InChI is InChI=1S/C16H14O2S/c1-11-9-15(18)13(10-14(11)17)7-8-16(19)12-5-3-2-4-6-12/h2-10,17-18H,1H3. The highest BCUT2D eigenvalue weighted by Crippen LogP contribution is 2.27. The quantitative estimate of drug-likeness (QED) is 0.385. The number of phenols is 2. The summed E-state index contributed by atoms with van der Waals surface area (Å²) in [6.45, 7) is 1.73. The van der Waals surface area contributed by atoms with Crippen LogP contribution >= 0.6 is 12.2 Å². The molecule has 19 heavy (non-hydrogen) atoms. The zero-order valence-electron chi connectivity index (χ0n) is 10.5. The van der Waals surface area contributed by atoms with Gasteiger partial charge < -0.3 is 10.2 Å². The van der Waals surface area contributed by atoms with Crippen LogP contribution in [0.2, 0.25) is 0 Å². The van der Waals surface area contributed by atoms with Crippen LogP contribution in [0.4, 0.5) is 0 Å². The number of hydrogen-bond acceptors (Lipinski definition) is 3. The summed E-state index contributed by atoms with van der Waals surface area (Å²) in [6.07, 6.45) is 3.44. The summed E-state index contributed by atoms with van der Waals surface area (Å²) in [6, 6.07) is 12.7. The molecule has 2 rings (SSSR count). The fourth-order valence-corrected chi connectivity index (χ4v) is 1.90. The van der Waals surface area contributed by atoms with Gasteiger partial charge in [0.15, 0.2) is 0 Å². The first-order valence-corrected chi connectivity index (χ1v) is 6.29. The maximum Gasteiger partial charge on any atom is 0.123 e. The molecular formula is C16H14O2S. The third kappa shape index (κ3) is 3.20. The van der Waals surface area contributed by atoms with E-state index in [0.717, 1.165) is 5.56 Å². The van der Waals surface area contributed by atoms with Crippen molar-refractivity contribution in [1.82, 2.24) is 0 Å². The van der Waals surface area contributed by atoms with Crippen molar-refractivity contribution >= 4 is 23.2 Å². The van der Waals surface area contributed by atoms with Gasteiger partial charge in [-0.05, 0) is 42.3 Å². The van der Waals surface area contributed by atoms with Gasteiger partial charge >= 0.3 is 0 Å². The van der Waals surface area contributed by atoms with Crippen LogP contribution in [0, 0.1) is 6.92 Å². The van der Waals surface area contributed by atoms with Crippen LogP contribution < -0.4 is 0 Å². The van der Waals surface area contributed by atoms with Gasteiger partial charge in [-0.15, -0.1) is 0 Å². The van der Waals surface area contributed by atoms with E-state index in [1.165, 1.54) is 12.1 Å². The van der Waals surface area contributed by atoms with E-state index >= 15 is 0 Å². The summed E-state index contributed by atoms with van der Waals surface area (Å²) in [5.41, 5.74) is 2.13. The third-order valence-electron chi connectivity index (χ3n) is 2.82. The van der Waals surface area contributed by atoms with Crippen molar-refractivity contribution in [2.75, 3.05) is 0 Å². The molecule has 96 valence electrons.